The van der Waals surface area contributed by atoms with Gasteiger partial charge in [-0.3, -0.25) is 0 Å². The Hall–Kier alpha value is -3.54. The van der Waals surface area contributed by atoms with Crippen LogP contribution in [0.25, 0.3) is 0 Å². The Balaban J connectivity index is 1.22. The molecule has 0 spiro atoms. The Kier molecular flexibility index (Phi) is 11.0. The second-order valence-corrected chi connectivity index (χ2v) is 16.8. The number of hydrogen-bond donors (Lipinski definition) is 0. The third-order valence-electron chi connectivity index (χ3n) is 14.0. The first kappa shape index (κ1) is 36.4. The SMILES string of the molecule is CC=C1CCC2C3C(OCc4ccccc4)C(OCc4ccccc4)C4C(OCc5ccccc5)C(OCc5ccccc5)CC[C@]4(C)C3CC[C@]12C. The quantitative estimate of drug-likeness (QED) is 0.137. The summed E-state index contributed by atoms with van der Waals surface area (Å²) in [5, 5.41) is 0. The molecule has 4 saturated carbocycles. The number of ether oxygens (including phenoxy) is 4. The molecule has 4 heteroatoms. The topological polar surface area (TPSA) is 36.9 Å². The van der Waals surface area contributed by atoms with Crippen LogP contribution >= 0.6 is 0 Å². The molecular weight excluding hydrogens is 653 g/mol. The number of benzene rings is 4. The molecular formula is C49H58O4. The van der Waals surface area contributed by atoms with Crippen molar-refractivity contribution in [2.45, 2.75) is 110 Å². The molecule has 0 heterocycles. The maximum Gasteiger partial charge on any atom is 0.0903 e. The zero-order valence-corrected chi connectivity index (χ0v) is 31.9. The number of allylic oxidation sites excluding steroid dienone is 2. The van der Waals surface area contributed by atoms with E-state index in [9.17, 15) is 0 Å². The van der Waals surface area contributed by atoms with Gasteiger partial charge in [-0.25, -0.2) is 0 Å². The van der Waals surface area contributed by atoms with E-state index in [4.69, 9.17) is 18.9 Å². The van der Waals surface area contributed by atoms with E-state index in [2.05, 4.69) is 148 Å². The molecule has 4 aromatic rings. The van der Waals surface area contributed by atoms with Crippen molar-refractivity contribution in [2.75, 3.05) is 0 Å². The van der Waals surface area contributed by atoms with Crippen LogP contribution in [0.4, 0.5) is 0 Å². The van der Waals surface area contributed by atoms with Crippen molar-refractivity contribution in [3.8, 4) is 0 Å². The second kappa shape index (κ2) is 16.1. The fourth-order valence-electron chi connectivity index (χ4n) is 11.4. The molecule has 8 rings (SSSR count). The number of hydrogen-bond acceptors (Lipinski definition) is 4. The van der Waals surface area contributed by atoms with Crippen LogP contribution in [-0.4, -0.2) is 24.4 Å². The first-order valence-electron chi connectivity index (χ1n) is 20.3. The van der Waals surface area contributed by atoms with Gasteiger partial charge in [-0.2, -0.15) is 0 Å². The van der Waals surface area contributed by atoms with Gasteiger partial charge in [0, 0.05) is 5.92 Å². The Morgan fingerprint density at radius 3 is 1.51 bits per heavy atom. The number of rotatable bonds is 12. The lowest BCUT2D eigenvalue weighted by Crippen LogP contribution is -2.68. The molecule has 10 atom stereocenters. The van der Waals surface area contributed by atoms with Gasteiger partial charge in [0.15, 0.2) is 0 Å². The zero-order chi connectivity index (χ0) is 36.3. The summed E-state index contributed by atoms with van der Waals surface area (Å²) in [4.78, 5) is 0. The van der Waals surface area contributed by atoms with E-state index in [0.29, 0.717) is 44.2 Å². The summed E-state index contributed by atoms with van der Waals surface area (Å²) in [6, 6.07) is 42.7. The van der Waals surface area contributed by atoms with E-state index in [1.807, 2.05) is 0 Å². The highest BCUT2D eigenvalue weighted by atomic mass is 16.6. The summed E-state index contributed by atoms with van der Waals surface area (Å²) in [7, 11) is 0. The predicted octanol–water partition coefficient (Wildman–Crippen LogP) is 11.1. The Morgan fingerprint density at radius 2 is 1.00 bits per heavy atom. The average molecular weight is 711 g/mol. The van der Waals surface area contributed by atoms with Crippen LogP contribution < -0.4 is 0 Å². The summed E-state index contributed by atoms with van der Waals surface area (Å²) in [6.45, 7) is 9.66. The maximum atomic E-state index is 7.41. The van der Waals surface area contributed by atoms with E-state index in [-0.39, 0.29) is 41.2 Å². The third kappa shape index (κ3) is 7.33. The van der Waals surface area contributed by atoms with Gasteiger partial charge in [0.2, 0.25) is 0 Å². The van der Waals surface area contributed by atoms with Gasteiger partial charge in [0.05, 0.1) is 50.8 Å². The van der Waals surface area contributed by atoms with Crippen LogP contribution in [0.15, 0.2) is 133 Å². The molecule has 4 nitrogen and oxygen atoms in total. The van der Waals surface area contributed by atoms with Crippen LogP contribution in [-0.2, 0) is 45.4 Å². The summed E-state index contributed by atoms with van der Waals surface area (Å²) in [5.74, 6) is 1.56. The number of fused-ring (bicyclic) bond motifs is 5. The molecule has 4 aromatic carbocycles. The van der Waals surface area contributed by atoms with E-state index < -0.39 is 0 Å². The normalized spacial score (nSPS) is 34.3. The maximum absolute atomic E-state index is 7.41. The molecule has 4 aliphatic carbocycles. The molecule has 4 aliphatic rings. The molecule has 8 unspecified atom stereocenters. The van der Waals surface area contributed by atoms with Crippen molar-refractivity contribution in [1.29, 1.82) is 0 Å². The van der Waals surface area contributed by atoms with Gasteiger partial charge < -0.3 is 18.9 Å². The molecule has 0 N–H and O–H groups in total. The van der Waals surface area contributed by atoms with Crippen molar-refractivity contribution in [2.24, 2.45) is 34.5 Å². The second-order valence-electron chi connectivity index (χ2n) is 16.8. The van der Waals surface area contributed by atoms with E-state index in [0.717, 1.165) is 12.8 Å². The van der Waals surface area contributed by atoms with Gasteiger partial charge in [0.25, 0.3) is 0 Å². The minimum absolute atomic E-state index is 0.00655. The summed E-state index contributed by atoms with van der Waals surface area (Å²) in [5.41, 5.74) is 6.65. The van der Waals surface area contributed by atoms with Gasteiger partial charge in [-0.1, -0.05) is 147 Å². The summed E-state index contributed by atoms with van der Waals surface area (Å²) < 4.78 is 29.0. The van der Waals surface area contributed by atoms with E-state index in [1.165, 1.54) is 47.9 Å². The highest BCUT2D eigenvalue weighted by molar-refractivity contribution is 5.26. The van der Waals surface area contributed by atoms with Crippen LogP contribution in [0.2, 0.25) is 0 Å². The summed E-state index contributed by atoms with van der Waals surface area (Å²) >= 11 is 0. The minimum atomic E-state index is -0.161. The molecule has 0 aromatic heterocycles. The lowest BCUT2D eigenvalue weighted by atomic mass is 9.43. The average Bonchev–Trinajstić information content (AvgIpc) is 3.55. The van der Waals surface area contributed by atoms with Crippen LogP contribution in [0.1, 0.15) is 81.5 Å². The fraction of sp³-hybridized carbons (Fsp3) is 0.469. The van der Waals surface area contributed by atoms with Crippen LogP contribution in [0.5, 0.6) is 0 Å². The standard InChI is InChI=1S/C49H58O4/c1-4-39-25-26-40-43-41(27-29-48(39,40)2)49(3)30-28-42(50-31-35-17-9-5-10-18-35)45(51-32-36-19-11-6-12-20-36)44(49)47(53-34-38-23-15-8-16-24-38)46(43)52-33-37-21-13-7-14-22-37/h4-24,40-47H,25-34H2,1-3H3/t40?,41?,42?,43?,44?,45?,46?,47?,48-,49-/m1/s1. The highest BCUT2D eigenvalue weighted by Gasteiger charge is 2.67. The summed E-state index contributed by atoms with van der Waals surface area (Å²) in [6.07, 6.45) is 8.94. The molecule has 0 amide bonds. The van der Waals surface area contributed by atoms with Crippen LogP contribution in [0, 0.1) is 34.5 Å². The van der Waals surface area contributed by atoms with Gasteiger partial charge in [0.1, 0.15) is 0 Å². The monoisotopic (exact) mass is 710 g/mol. The first-order valence-corrected chi connectivity index (χ1v) is 20.3. The Bertz CT molecular complexity index is 1780. The lowest BCUT2D eigenvalue weighted by Gasteiger charge is -2.66. The third-order valence-corrected chi connectivity index (χ3v) is 14.0. The van der Waals surface area contributed by atoms with Crippen molar-refractivity contribution in [3.05, 3.63) is 155 Å². The van der Waals surface area contributed by atoms with Crippen molar-refractivity contribution in [3.63, 3.8) is 0 Å². The lowest BCUT2D eigenvalue weighted by molar-refractivity contribution is -0.284. The van der Waals surface area contributed by atoms with Gasteiger partial charge in [-0.15, -0.1) is 0 Å². The molecule has 0 aliphatic heterocycles. The first-order chi connectivity index (χ1) is 26.0. The minimum Gasteiger partial charge on any atom is -0.371 e. The van der Waals surface area contributed by atoms with E-state index in [1.54, 1.807) is 5.57 Å². The molecule has 53 heavy (non-hydrogen) atoms. The molecule has 4 fully saturated rings. The fourth-order valence-corrected chi connectivity index (χ4v) is 11.4. The zero-order valence-electron chi connectivity index (χ0n) is 31.9. The van der Waals surface area contributed by atoms with E-state index >= 15 is 0 Å². The molecule has 0 bridgehead atoms. The van der Waals surface area contributed by atoms with Crippen molar-refractivity contribution >= 4 is 0 Å². The van der Waals surface area contributed by atoms with Crippen molar-refractivity contribution in [1.82, 2.24) is 0 Å². The highest BCUT2D eigenvalue weighted by Crippen LogP contribution is 2.68. The van der Waals surface area contributed by atoms with Gasteiger partial charge >= 0.3 is 0 Å². The van der Waals surface area contributed by atoms with Gasteiger partial charge in [-0.05, 0) is 96.3 Å². The van der Waals surface area contributed by atoms with Crippen LogP contribution in [0.3, 0.4) is 0 Å². The Labute approximate surface area is 317 Å². The predicted molar refractivity (Wildman–Crippen MR) is 212 cm³/mol. The smallest absolute Gasteiger partial charge is 0.0903 e. The largest absolute Gasteiger partial charge is 0.371 e. The Morgan fingerprint density at radius 1 is 0.528 bits per heavy atom. The molecule has 0 radical (unpaired) electrons. The van der Waals surface area contributed by atoms with Crippen molar-refractivity contribution < 1.29 is 18.9 Å². The molecule has 278 valence electrons. The molecule has 0 saturated heterocycles.